The first-order valence-electron chi connectivity index (χ1n) is 10.1. The molecule has 2 aromatic heterocycles. The number of pyridine rings is 2. The maximum absolute atomic E-state index is 12.9. The highest BCUT2D eigenvalue weighted by molar-refractivity contribution is 5.87. The Morgan fingerprint density at radius 3 is 2.86 bits per heavy atom. The predicted octanol–water partition coefficient (Wildman–Crippen LogP) is 4.09. The molecule has 1 unspecified atom stereocenters. The lowest BCUT2D eigenvalue weighted by Crippen LogP contribution is -2.42. The fourth-order valence-corrected chi connectivity index (χ4v) is 4.38. The minimum Gasteiger partial charge on any atom is -0.342 e. The van der Waals surface area contributed by atoms with Crippen LogP contribution < -0.4 is 0 Å². The second-order valence-corrected chi connectivity index (χ2v) is 7.91. The van der Waals surface area contributed by atoms with Crippen LogP contribution in [0, 0.1) is 17.2 Å². The molecule has 3 heterocycles. The van der Waals surface area contributed by atoms with E-state index in [9.17, 15) is 10.1 Å². The smallest absolute Gasteiger partial charge is 0.222 e. The van der Waals surface area contributed by atoms with Crippen molar-refractivity contribution in [1.29, 1.82) is 5.26 Å². The lowest BCUT2D eigenvalue weighted by Gasteiger charge is -2.37. The van der Waals surface area contributed by atoms with Crippen LogP contribution in [0.4, 0.5) is 0 Å². The number of amides is 1. The van der Waals surface area contributed by atoms with Crippen LogP contribution in [0.5, 0.6) is 0 Å². The van der Waals surface area contributed by atoms with Crippen molar-refractivity contribution in [2.45, 2.75) is 32.1 Å². The van der Waals surface area contributed by atoms with Crippen LogP contribution >= 0.6 is 0 Å². The van der Waals surface area contributed by atoms with Gasteiger partial charge in [0.1, 0.15) is 6.07 Å². The Hall–Kier alpha value is -3.26. The van der Waals surface area contributed by atoms with Crippen molar-refractivity contribution in [3.63, 3.8) is 0 Å². The molecule has 29 heavy (non-hydrogen) atoms. The van der Waals surface area contributed by atoms with Crippen LogP contribution in [0.2, 0.25) is 0 Å². The van der Waals surface area contributed by atoms with E-state index in [-0.39, 0.29) is 11.8 Å². The van der Waals surface area contributed by atoms with E-state index >= 15 is 0 Å². The molecule has 2 atom stereocenters. The SMILES string of the molecule is CC1C[C@@H](c2ccc(C#N)c3ncccc23)CN(C(=O)CCc2cccnc2)C1. The Balaban J connectivity index is 1.54. The minimum absolute atomic E-state index is 0.196. The number of nitriles is 1. The minimum atomic E-state index is 0.196. The number of fused-ring (bicyclic) bond motifs is 1. The average Bonchev–Trinajstić information content (AvgIpc) is 2.77. The molecule has 5 heteroatoms. The van der Waals surface area contributed by atoms with E-state index in [1.807, 2.05) is 47.5 Å². The normalized spacial score (nSPS) is 19.1. The quantitative estimate of drug-likeness (QED) is 0.679. The zero-order valence-corrected chi connectivity index (χ0v) is 16.6. The fraction of sp³-hybridized carbons (Fsp3) is 0.333. The summed E-state index contributed by atoms with van der Waals surface area (Å²) in [5.74, 6) is 0.875. The fourth-order valence-electron chi connectivity index (χ4n) is 4.38. The summed E-state index contributed by atoms with van der Waals surface area (Å²) in [4.78, 5) is 23.5. The van der Waals surface area contributed by atoms with Gasteiger partial charge in [0.2, 0.25) is 5.91 Å². The van der Waals surface area contributed by atoms with Crippen molar-refractivity contribution in [2.24, 2.45) is 5.92 Å². The first-order valence-corrected chi connectivity index (χ1v) is 10.1. The van der Waals surface area contributed by atoms with E-state index in [1.165, 1.54) is 5.56 Å². The molecule has 3 aromatic rings. The molecule has 1 aromatic carbocycles. The largest absolute Gasteiger partial charge is 0.342 e. The molecule has 0 bridgehead atoms. The van der Waals surface area contributed by atoms with Crippen molar-refractivity contribution in [2.75, 3.05) is 13.1 Å². The average molecular weight is 384 g/mol. The number of carbonyl (C=O) groups is 1. The van der Waals surface area contributed by atoms with Gasteiger partial charge in [-0.1, -0.05) is 25.1 Å². The number of aromatic nitrogens is 2. The molecular formula is C24H24N4O. The molecule has 0 N–H and O–H groups in total. The summed E-state index contributed by atoms with van der Waals surface area (Å²) in [6.45, 7) is 3.72. The van der Waals surface area contributed by atoms with Gasteiger partial charge in [-0.2, -0.15) is 5.26 Å². The molecule has 1 saturated heterocycles. The van der Waals surface area contributed by atoms with Crippen molar-refractivity contribution in [1.82, 2.24) is 14.9 Å². The van der Waals surface area contributed by atoms with Crippen LogP contribution in [0.25, 0.3) is 10.9 Å². The number of likely N-dealkylation sites (tertiary alicyclic amines) is 1. The summed E-state index contributed by atoms with van der Waals surface area (Å²) in [7, 11) is 0. The monoisotopic (exact) mass is 384 g/mol. The molecule has 146 valence electrons. The molecule has 1 fully saturated rings. The standard InChI is InChI=1S/C24H24N4O/c1-17-12-20(21-8-7-19(13-25)24-22(21)5-3-11-27-24)16-28(15-17)23(29)9-6-18-4-2-10-26-14-18/h2-5,7-8,10-11,14,17,20H,6,9,12,15-16H2,1H3/t17?,20-/m1/s1. The Morgan fingerprint density at radius 1 is 1.21 bits per heavy atom. The van der Waals surface area contributed by atoms with Crippen LogP contribution in [0.15, 0.2) is 55.0 Å². The number of benzene rings is 1. The van der Waals surface area contributed by atoms with Gasteiger partial charge in [-0.3, -0.25) is 14.8 Å². The summed E-state index contributed by atoms with van der Waals surface area (Å²) < 4.78 is 0. The van der Waals surface area contributed by atoms with Crippen molar-refractivity contribution < 1.29 is 4.79 Å². The first-order chi connectivity index (χ1) is 14.2. The van der Waals surface area contributed by atoms with Crippen LogP contribution in [0.3, 0.4) is 0 Å². The Morgan fingerprint density at radius 2 is 2.07 bits per heavy atom. The molecule has 0 aliphatic carbocycles. The molecule has 1 amide bonds. The maximum atomic E-state index is 12.9. The third kappa shape index (κ3) is 4.12. The number of carbonyl (C=O) groups excluding carboxylic acids is 1. The third-order valence-corrected chi connectivity index (χ3v) is 5.73. The van der Waals surface area contributed by atoms with Crippen LogP contribution in [-0.4, -0.2) is 33.9 Å². The second kappa shape index (κ2) is 8.40. The number of rotatable bonds is 4. The van der Waals surface area contributed by atoms with Gasteiger partial charge >= 0.3 is 0 Å². The number of nitrogens with zero attached hydrogens (tertiary/aromatic N) is 4. The highest BCUT2D eigenvalue weighted by Gasteiger charge is 2.29. The molecule has 0 radical (unpaired) electrons. The molecule has 4 rings (SSSR count). The van der Waals surface area contributed by atoms with Crippen LogP contribution in [-0.2, 0) is 11.2 Å². The Bertz CT molecular complexity index is 1060. The number of hydrogen-bond donors (Lipinski definition) is 0. The van der Waals surface area contributed by atoms with Crippen molar-refractivity contribution in [3.8, 4) is 6.07 Å². The van der Waals surface area contributed by atoms with Gasteiger partial charge in [-0.15, -0.1) is 0 Å². The van der Waals surface area contributed by atoms with E-state index in [0.29, 0.717) is 30.9 Å². The van der Waals surface area contributed by atoms with Gasteiger partial charge in [0.25, 0.3) is 0 Å². The maximum Gasteiger partial charge on any atom is 0.222 e. The lowest BCUT2D eigenvalue weighted by atomic mass is 9.83. The first kappa shape index (κ1) is 19.1. The van der Waals surface area contributed by atoms with Gasteiger partial charge in [-0.25, -0.2) is 0 Å². The van der Waals surface area contributed by atoms with Gasteiger partial charge in [0, 0.05) is 49.4 Å². The van der Waals surface area contributed by atoms with E-state index in [0.717, 1.165) is 29.4 Å². The number of hydrogen-bond acceptors (Lipinski definition) is 4. The van der Waals surface area contributed by atoms with E-state index in [2.05, 4.69) is 23.0 Å². The van der Waals surface area contributed by atoms with Crippen molar-refractivity contribution >= 4 is 16.8 Å². The summed E-state index contributed by atoms with van der Waals surface area (Å²) in [6.07, 6.45) is 7.55. The Kier molecular flexibility index (Phi) is 5.53. The predicted molar refractivity (Wildman–Crippen MR) is 112 cm³/mol. The zero-order valence-electron chi connectivity index (χ0n) is 16.6. The van der Waals surface area contributed by atoms with Gasteiger partial charge in [0.05, 0.1) is 11.1 Å². The van der Waals surface area contributed by atoms with Crippen molar-refractivity contribution in [3.05, 3.63) is 71.7 Å². The third-order valence-electron chi connectivity index (χ3n) is 5.73. The summed E-state index contributed by atoms with van der Waals surface area (Å²) in [5, 5.41) is 10.4. The number of aryl methyl sites for hydroxylation is 1. The summed E-state index contributed by atoms with van der Waals surface area (Å²) in [5.41, 5.74) is 3.62. The summed E-state index contributed by atoms with van der Waals surface area (Å²) in [6, 6.07) is 14.0. The lowest BCUT2D eigenvalue weighted by molar-refractivity contribution is -0.133. The Labute approximate surface area is 171 Å². The molecule has 1 aliphatic rings. The van der Waals surface area contributed by atoms with E-state index in [4.69, 9.17) is 0 Å². The highest BCUT2D eigenvalue weighted by Crippen LogP contribution is 2.35. The van der Waals surface area contributed by atoms with E-state index in [1.54, 1.807) is 12.4 Å². The zero-order chi connectivity index (χ0) is 20.2. The number of piperidine rings is 1. The highest BCUT2D eigenvalue weighted by atomic mass is 16.2. The molecule has 0 saturated carbocycles. The van der Waals surface area contributed by atoms with Gasteiger partial charge < -0.3 is 4.90 Å². The molecule has 0 spiro atoms. The molecule has 5 nitrogen and oxygen atoms in total. The molecule has 1 aliphatic heterocycles. The van der Waals surface area contributed by atoms with Crippen LogP contribution in [0.1, 0.15) is 42.4 Å². The second-order valence-electron chi connectivity index (χ2n) is 7.91. The van der Waals surface area contributed by atoms with Gasteiger partial charge in [0.15, 0.2) is 0 Å². The van der Waals surface area contributed by atoms with Gasteiger partial charge in [-0.05, 0) is 48.1 Å². The topological polar surface area (TPSA) is 69.9 Å². The summed E-state index contributed by atoms with van der Waals surface area (Å²) >= 11 is 0. The molecular weight excluding hydrogens is 360 g/mol. The van der Waals surface area contributed by atoms with E-state index < -0.39 is 0 Å².